The Morgan fingerprint density at radius 1 is 1.07 bits per heavy atom. The number of sulfonamides is 1. The van der Waals surface area contributed by atoms with Crippen LogP contribution in [0.1, 0.15) is 24.0 Å². The van der Waals surface area contributed by atoms with Gasteiger partial charge in [0.05, 0.1) is 4.90 Å². The standard InChI is InChI=1S/C20H20Cl2N2O3S/c21-17-7-5-16(19(22)13-17)6-10-20(25)23-14-15-3-8-18(9-4-15)28(26,27)24-11-1-2-12-24/h3-10,13H,1-2,11-12,14H2,(H,23,25)/b10-6+. The van der Waals surface area contributed by atoms with Crippen LogP contribution in [-0.4, -0.2) is 31.7 Å². The van der Waals surface area contributed by atoms with E-state index in [1.165, 1.54) is 10.4 Å². The van der Waals surface area contributed by atoms with Crippen molar-refractivity contribution in [2.45, 2.75) is 24.3 Å². The largest absolute Gasteiger partial charge is 0.348 e. The Morgan fingerprint density at radius 2 is 1.75 bits per heavy atom. The van der Waals surface area contributed by atoms with Crippen LogP contribution in [-0.2, 0) is 21.4 Å². The molecule has 1 heterocycles. The van der Waals surface area contributed by atoms with E-state index in [1.807, 2.05) is 0 Å². The summed E-state index contributed by atoms with van der Waals surface area (Å²) in [7, 11) is -3.42. The van der Waals surface area contributed by atoms with Crippen molar-refractivity contribution in [2.24, 2.45) is 0 Å². The maximum absolute atomic E-state index is 12.5. The van der Waals surface area contributed by atoms with E-state index in [2.05, 4.69) is 5.32 Å². The summed E-state index contributed by atoms with van der Waals surface area (Å²) in [6.07, 6.45) is 4.80. The molecule has 1 aliphatic heterocycles. The lowest BCUT2D eigenvalue weighted by molar-refractivity contribution is -0.116. The molecule has 8 heteroatoms. The maximum atomic E-state index is 12.5. The zero-order chi connectivity index (χ0) is 20.1. The van der Waals surface area contributed by atoms with E-state index in [1.54, 1.807) is 48.5 Å². The molecule has 0 aromatic heterocycles. The number of carbonyl (C=O) groups excluding carboxylic acids is 1. The van der Waals surface area contributed by atoms with Crippen molar-refractivity contribution in [3.05, 3.63) is 69.7 Å². The van der Waals surface area contributed by atoms with Gasteiger partial charge < -0.3 is 5.32 Å². The van der Waals surface area contributed by atoms with E-state index in [-0.39, 0.29) is 10.8 Å². The first-order chi connectivity index (χ1) is 13.4. The molecule has 0 saturated carbocycles. The van der Waals surface area contributed by atoms with Gasteiger partial charge in [-0.05, 0) is 54.3 Å². The van der Waals surface area contributed by atoms with Gasteiger partial charge in [0.1, 0.15) is 0 Å². The highest BCUT2D eigenvalue weighted by atomic mass is 35.5. The van der Waals surface area contributed by atoms with Crippen LogP contribution in [0.25, 0.3) is 6.08 Å². The highest BCUT2D eigenvalue weighted by Crippen LogP contribution is 2.22. The molecule has 1 fully saturated rings. The van der Waals surface area contributed by atoms with E-state index in [0.717, 1.165) is 18.4 Å². The minimum Gasteiger partial charge on any atom is -0.348 e. The molecule has 1 N–H and O–H groups in total. The summed E-state index contributed by atoms with van der Waals surface area (Å²) in [6.45, 7) is 1.44. The first-order valence-corrected chi connectivity index (χ1v) is 11.1. The van der Waals surface area contributed by atoms with Crippen molar-refractivity contribution in [1.82, 2.24) is 9.62 Å². The summed E-state index contributed by atoms with van der Waals surface area (Å²) < 4.78 is 26.5. The van der Waals surface area contributed by atoms with Crippen LogP contribution in [0.5, 0.6) is 0 Å². The van der Waals surface area contributed by atoms with Crippen LogP contribution in [0.3, 0.4) is 0 Å². The second-order valence-corrected chi connectivity index (χ2v) is 9.25. The number of halogens is 2. The fraction of sp³-hybridized carbons (Fsp3) is 0.250. The third kappa shape index (κ3) is 5.14. The number of amides is 1. The van der Waals surface area contributed by atoms with Crippen molar-refractivity contribution in [2.75, 3.05) is 13.1 Å². The molecule has 0 spiro atoms. The van der Waals surface area contributed by atoms with Crippen molar-refractivity contribution < 1.29 is 13.2 Å². The molecule has 0 radical (unpaired) electrons. The van der Waals surface area contributed by atoms with E-state index in [4.69, 9.17) is 23.2 Å². The molecular formula is C20H20Cl2N2O3S. The van der Waals surface area contributed by atoms with E-state index < -0.39 is 10.0 Å². The molecule has 0 aliphatic carbocycles. The molecule has 5 nitrogen and oxygen atoms in total. The predicted octanol–water partition coefficient (Wildman–Crippen LogP) is 4.11. The number of nitrogens with one attached hydrogen (secondary N) is 1. The van der Waals surface area contributed by atoms with Gasteiger partial charge in [0, 0.05) is 35.8 Å². The summed E-state index contributed by atoms with van der Waals surface area (Å²) in [4.78, 5) is 12.3. The van der Waals surface area contributed by atoms with Crippen LogP contribution in [0.15, 0.2) is 53.4 Å². The molecule has 3 rings (SSSR count). The monoisotopic (exact) mass is 438 g/mol. The average molecular weight is 439 g/mol. The molecule has 1 saturated heterocycles. The average Bonchev–Trinajstić information content (AvgIpc) is 3.22. The molecule has 1 amide bonds. The molecule has 28 heavy (non-hydrogen) atoms. The fourth-order valence-electron chi connectivity index (χ4n) is 2.91. The lowest BCUT2D eigenvalue weighted by atomic mass is 10.2. The SMILES string of the molecule is O=C(/C=C/c1ccc(Cl)cc1Cl)NCc1ccc(S(=O)(=O)N2CCCC2)cc1. The Labute approximate surface area is 175 Å². The highest BCUT2D eigenvalue weighted by Gasteiger charge is 2.26. The molecule has 148 valence electrons. The first kappa shape index (κ1) is 20.9. The van der Waals surface area contributed by atoms with Crippen LogP contribution < -0.4 is 5.32 Å². The molecule has 0 atom stereocenters. The Balaban J connectivity index is 1.57. The van der Waals surface area contributed by atoms with Gasteiger partial charge in [0.2, 0.25) is 15.9 Å². The highest BCUT2D eigenvalue weighted by molar-refractivity contribution is 7.89. The lowest BCUT2D eigenvalue weighted by Gasteiger charge is -2.15. The minimum atomic E-state index is -3.42. The summed E-state index contributed by atoms with van der Waals surface area (Å²) in [6, 6.07) is 11.6. The third-order valence-electron chi connectivity index (χ3n) is 4.47. The van der Waals surface area contributed by atoms with Gasteiger partial charge >= 0.3 is 0 Å². The second kappa shape index (κ2) is 9.09. The van der Waals surface area contributed by atoms with Crippen molar-refractivity contribution in [1.29, 1.82) is 0 Å². The molecule has 1 aliphatic rings. The number of hydrogen-bond acceptors (Lipinski definition) is 3. The number of carbonyl (C=O) groups is 1. The van der Waals surface area contributed by atoms with Gasteiger partial charge in [0.25, 0.3) is 0 Å². The summed E-state index contributed by atoms with van der Waals surface area (Å²) in [5.74, 6) is -0.278. The third-order valence-corrected chi connectivity index (χ3v) is 6.94. The molecule has 0 unspecified atom stereocenters. The van der Waals surface area contributed by atoms with Gasteiger partial charge in [0.15, 0.2) is 0 Å². The topological polar surface area (TPSA) is 66.5 Å². The Bertz CT molecular complexity index is 983. The maximum Gasteiger partial charge on any atom is 0.244 e. The normalized spacial score (nSPS) is 15.2. The van der Waals surface area contributed by atoms with E-state index >= 15 is 0 Å². The molecular weight excluding hydrogens is 419 g/mol. The Morgan fingerprint density at radius 3 is 2.39 bits per heavy atom. The van der Waals surface area contributed by atoms with E-state index in [9.17, 15) is 13.2 Å². The molecule has 0 bridgehead atoms. The van der Waals surface area contributed by atoms with Gasteiger partial charge in [-0.25, -0.2) is 8.42 Å². The zero-order valence-corrected chi connectivity index (χ0v) is 17.4. The Kier molecular flexibility index (Phi) is 6.78. The van der Waals surface area contributed by atoms with Gasteiger partial charge in [-0.2, -0.15) is 4.31 Å². The van der Waals surface area contributed by atoms with Gasteiger partial charge in [-0.1, -0.05) is 41.4 Å². The zero-order valence-electron chi connectivity index (χ0n) is 15.1. The first-order valence-electron chi connectivity index (χ1n) is 8.86. The van der Waals surface area contributed by atoms with Crippen LogP contribution >= 0.6 is 23.2 Å². The minimum absolute atomic E-state index is 0.278. The van der Waals surface area contributed by atoms with Crippen molar-refractivity contribution in [3.8, 4) is 0 Å². The van der Waals surface area contributed by atoms with Crippen LogP contribution in [0, 0.1) is 0 Å². The van der Waals surface area contributed by atoms with Crippen molar-refractivity contribution in [3.63, 3.8) is 0 Å². The summed E-state index contributed by atoms with van der Waals surface area (Å²) >= 11 is 11.9. The molecule has 2 aromatic rings. The Hall–Kier alpha value is -1.86. The number of benzene rings is 2. The quantitative estimate of drug-likeness (QED) is 0.689. The number of rotatable bonds is 6. The van der Waals surface area contributed by atoms with Gasteiger partial charge in [-0.15, -0.1) is 0 Å². The summed E-state index contributed by atoms with van der Waals surface area (Å²) in [5.41, 5.74) is 1.50. The fourth-order valence-corrected chi connectivity index (χ4v) is 4.90. The second-order valence-electron chi connectivity index (χ2n) is 6.47. The van der Waals surface area contributed by atoms with Crippen molar-refractivity contribution >= 4 is 45.2 Å². The summed E-state index contributed by atoms with van der Waals surface area (Å²) in [5, 5.41) is 3.75. The smallest absolute Gasteiger partial charge is 0.244 e. The van der Waals surface area contributed by atoms with Crippen LogP contribution in [0.2, 0.25) is 10.0 Å². The van der Waals surface area contributed by atoms with E-state index in [0.29, 0.717) is 35.2 Å². The number of hydrogen-bond donors (Lipinski definition) is 1. The molecule has 2 aromatic carbocycles. The van der Waals surface area contributed by atoms with Gasteiger partial charge in [-0.3, -0.25) is 4.79 Å². The lowest BCUT2D eigenvalue weighted by Crippen LogP contribution is -2.27. The number of nitrogens with zero attached hydrogens (tertiary/aromatic N) is 1. The predicted molar refractivity (Wildman–Crippen MR) is 112 cm³/mol. The van der Waals surface area contributed by atoms with Crippen LogP contribution in [0.4, 0.5) is 0 Å².